The van der Waals surface area contributed by atoms with Crippen LogP contribution in [0.1, 0.15) is 18.9 Å². The molecule has 104 valence electrons. The van der Waals surface area contributed by atoms with Gasteiger partial charge in [0.15, 0.2) is 0 Å². The smallest absolute Gasteiger partial charge is 0.238 e. The average Bonchev–Trinajstić information content (AvgIpc) is 2.67. The van der Waals surface area contributed by atoms with Crippen molar-refractivity contribution in [3.63, 3.8) is 0 Å². The van der Waals surface area contributed by atoms with Crippen LogP contribution in [0.5, 0.6) is 0 Å². The lowest BCUT2D eigenvalue weighted by atomic mass is 9.78. The first kappa shape index (κ1) is 13.4. The summed E-state index contributed by atoms with van der Waals surface area (Å²) in [5.41, 5.74) is 1.51. The van der Waals surface area contributed by atoms with Gasteiger partial charge < -0.3 is 0 Å². The molecule has 0 radical (unpaired) electrons. The minimum atomic E-state index is -0.229. The Morgan fingerprint density at radius 2 is 2.00 bits per heavy atom. The molecule has 0 aromatic heterocycles. The van der Waals surface area contributed by atoms with Crippen molar-refractivity contribution in [2.75, 3.05) is 4.90 Å². The van der Waals surface area contributed by atoms with Crippen LogP contribution in [-0.4, -0.2) is 11.8 Å². The van der Waals surface area contributed by atoms with E-state index in [1.54, 1.807) is 12.1 Å². The van der Waals surface area contributed by atoms with Gasteiger partial charge in [0.05, 0.1) is 17.5 Å². The Kier molecular flexibility index (Phi) is 3.17. The molecule has 0 bridgehead atoms. The lowest BCUT2D eigenvalue weighted by molar-refractivity contribution is -0.122. The van der Waals surface area contributed by atoms with E-state index < -0.39 is 0 Å². The minimum Gasteiger partial charge on any atom is -0.274 e. The second-order valence-electron chi connectivity index (χ2n) is 5.60. The van der Waals surface area contributed by atoms with Crippen LogP contribution >= 0.6 is 11.6 Å². The molecule has 1 heterocycles. The number of carbonyl (C=O) groups is 2. The highest BCUT2D eigenvalue weighted by molar-refractivity contribution is 6.32. The second kappa shape index (κ2) is 4.74. The van der Waals surface area contributed by atoms with Crippen LogP contribution < -0.4 is 4.90 Å². The summed E-state index contributed by atoms with van der Waals surface area (Å²) >= 11 is 6.11. The van der Waals surface area contributed by atoms with E-state index in [1.165, 1.54) is 4.90 Å². The van der Waals surface area contributed by atoms with Gasteiger partial charge in [0.1, 0.15) is 0 Å². The number of rotatable bonds is 1. The van der Waals surface area contributed by atoms with E-state index in [2.05, 4.69) is 0 Å². The van der Waals surface area contributed by atoms with Crippen LogP contribution in [0, 0.1) is 24.7 Å². The molecule has 0 spiro atoms. The van der Waals surface area contributed by atoms with Crippen molar-refractivity contribution < 1.29 is 9.59 Å². The SMILES string of the molecule is Cc1ccc(N2C(=O)[C@@H]3[C@@H](C)C=CC[C@H]3C2=O)cc1Cl. The van der Waals surface area contributed by atoms with E-state index >= 15 is 0 Å². The molecule has 1 aromatic carbocycles. The van der Waals surface area contributed by atoms with Crippen molar-refractivity contribution in [1.82, 2.24) is 0 Å². The molecule has 4 heteroatoms. The van der Waals surface area contributed by atoms with Crippen LogP contribution in [0.25, 0.3) is 0 Å². The molecule has 3 atom stereocenters. The Balaban J connectivity index is 2.01. The molecule has 20 heavy (non-hydrogen) atoms. The van der Waals surface area contributed by atoms with Crippen molar-refractivity contribution in [3.8, 4) is 0 Å². The van der Waals surface area contributed by atoms with Crippen LogP contribution in [0.15, 0.2) is 30.4 Å². The first-order valence-electron chi connectivity index (χ1n) is 6.81. The van der Waals surface area contributed by atoms with E-state index in [-0.39, 0.29) is 29.6 Å². The summed E-state index contributed by atoms with van der Waals surface area (Å²) in [6, 6.07) is 5.32. The summed E-state index contributed by atoms with van der Waals surface area (Å²) in [7, 11) is 0. The number of allylic oxidation sites excluding steroid dienone is 2. The number of aryl methyl sites for hydroxylation is 1. The maximum atomic E-state index is 12.6. The topological polar surface area (TPSA) is 37.4 Å². The third-order valence-electron chi connectivity index (χ3n) is 4.29. The highest BCUT2D eigenvalue weighted by Crippen LogP contribution is 2.40. The fourth-order valence-electron chi connectivity index (χ4n) is 3.12. The Morgan fingerprint density at radius 3 is 2.65 bits per heavy atom. The molecule has 1 aliphatic carbocycles. The molecule has 1 aromatic rings. The van der Waals surface area contributed by atoms with Gasteiger partial charge in [-0.2, -0.15) is 0 Å². The third kappa shape index (κ3) is 1.88. The molecule has 1 saturated heterocycles. The summed E-state index contributed by atoms with van der Waals surface area (Å²) in [5.74, 6) is -0.542. The molecule has 3 rings (SSSR count). The van der Waals surface area contributed by atoms with E-state index in [9.17, 15) is 9.59 Å². The van der Waals surface area contributed by atoms with Crippen molar-refractivity contribution in [1.29, 1.82) is 0 Å². The van der Waals surface area contributed by atoms with Gasteiger partial charge in [0.25, 0.3) is 0 Å². The molecule has 3 nitrogen and oxygen atoms in total. The van der Waals surface area contributed by atoms with E-state index in [0.717, 1.165) is 5.56 Å². The number of hydrogen-bond donors (Lipinski definition) is 0. The maximum Gasteiger partial charge on any atom is 0.238 e. The largest absolute Gasteiger partial charge is 0.274 e. The van der Waals surface area contributed by atoms with Gasteiger partial charge in [-0.1, -0.05) is 36.7 Å². The number of carbonyl (C=O) groups excluding carboxylic acids is 2. The molecule has 0 unspecified atom stereocenters. The summed E-state index contributed by atoms with van der Waals surface area (Å²) in [6.07, 6.45) is 4.68. The quantitative estimate of drug-likeness (QED) is 0.587. The lowest BCUT2D eigenvalue weighted by Crippen LogP contribution is -2.31. The Bertz CT molecular complexity index is 623. The van der Waals surface area contributed by atoms with Crippen LogP contribution in [0.2, 0.25) is 5.02 Å². The number of anilines is 1. The standard InChI is InChI=1S/C16H16ClNO2/c1-9-6-7-11(8-13(9)17)18-15(19)12-5-3-4-10(2)14(12)16(18)20/h3-4,6-8,10,12,14H,5H2,1-2H3/t10-,12+,14+/m0/s1. The zero-order valence-corrected chi connectivity index (χ0v) is 12.2. The monoisotopic (exact) mass is 289 g/mol. The van der Waals surface area contributed by atoms with Crippen molar-refractivity contribution in [3.05, 3.63) is 40.9 Å². The zero-order valence-electron chi connectivity index (χ0n) is 11.5. The maximum absolute atomic E-state index is 12.6. The van der Waals surface area contributed by atoms with Gasteiger partial charge in [-0.15, -0.1) is 0 Å². The van der Waals surface area contributed by atoms with Gasteiger partial charge in [0.2, 0.25) is 11.8 Å². The Labute approximate surface area is 123 Å². The van der Waals surface area contributed by atoms with Gasteiger partial charge in [-0.25, -0.2) is 4.90 Å². The van der Waals surface area contributed by atoms with Gasteiger partial charge >= 0.3 is 0 Å². The molecule has 0 saturated carbocycles. The van der Waals surface area contributed by atoms with Crippen molar-refractivity contribution in [2.45, 2.75) is 20.3 Å². The molecule has 2 amide bonds. The van der Waals surface area contributed by atoms with Crippen molar-refractivity contribution >= 4 is 29.1 Å². The van der Waals surface area contributed by atoms with Gasteiger partial charge in [0, 0.05) is 5.02 Å². The molecule has 1 fully saturated rings. The summed E-state index contributed by atoms with van der Waals surface area (Å²) in [5, 5.41) is 0.573. The van der Waals surface area contributed by atoms with Crippen molar-refractivity contribution in [2.24, 2.45) is 17.8 Å². The summed E-state index contributed by atoms with van der Waals surface area (Å²) in [4.78, 5) is 26.4. The third-order valence-corrected chi connectivity index (χ3v) is 4.69. The Morgan fingerprint density at radius 1 is 1.25 bits per heavy atom. The minimum absolute atomic E-state index is 0.100. The number of amides is 2. The highest BCUT2D eigenvalue weighted by Gasteiger charge is 2.50. The molecule has 0 N–H and O–H groups in total. The average molecular weight is 290 g/mol. The molecule has 2 aliphatic rings. The number of imide groups is 1. The predicted octanol–water partition coefficient (Wildman–Crippen LogP) is 3.35. The first-order valence-corrected chi connectivity index (χ1v) is 7.19. The van der Waals surface area contributed by atoms with Gasteiger partial charge in [-0.3, -0.25) is 9.59 Å². The normalized spacial score (nSPS) is 28.9. The highest BCUT2D eigenvalue weighted by atomic mass is 35.5. The summed E-state index contributed by atoms with van der Waals surface area (Å²) < 4.78 is 0. The van der Waals surface area contributed by atoms with E-state index in [0.29, 0.717) is 17.1 Å². The van der Waals surface area contributed by atoms with Gasteiger partial charge in [-0.05, 0) is 37.0 Å². The van der Waals surface area contributed by atoms with E-state index in [1.807, 2.05) is 32.1 Å². The predicted molar refractivity (Wildman–Crippen MR) is 78.6 cm³/mol. The van der Waals surface area contributed by atoms with Crippen LogP contribution in [0.3, 0.4) is 0 Å². The molecular weight excluding hydrogens is 274 g/mol. The number of benzene rings is 1. The number of fused-ring (bicyclic) bond motifs is 1. The Hall–Kier alpha value is -1.61. The molecular formula is C16H16ClNO2. The summed E-state index contributed by atoms with van der Waals surface area (Å²) in [6.45, 7) is 3.88. The second-order valence-corrected chi connectivity index (χ2v) is 6.01. The van der Waals surface area contributed by atoms with Crippen LogP contribution in [-0.2, 0) is 9.59 Å². The number of hydrogen-bond acceptors (Lipinski definition) is 2. The zero-order chi connectivity index (χ0) is 14.4. The fourth-order valence-corrected chi connectivity index (χ4v) is 3.30. The molecule has 1 aliphatic heterocycles. The lowest BCUT2D eigenvalue weighted by Gasteiger charge is -2.22. The number of halogens is 1. The van der Waals surface area contributed by atoms with E-state index in [4.69, 9.17) is 11.6 Å². The number of nitrogens with zero attached hydrogens (tertiary/aromatic N) is 1. The first-order chi connectivity index (χ1) is 9.50. The fraction of sp³-hybridized carbons (Fsp3) is 0.375. The van der Waals surface area contributed by atoms with Crippen LogP contribution in [0.4, 0.5) is 5.69 Å².